The third-order valence-electron chi connectivity index (χ3n) is 4.56. The molecule has 1 aliphatic rings. The number of ether oxygens (including phenoxy) is 2. The highest BCUT2D eigenvalue weighted by Crippen LogP contribution is 2.32. The van der Waals surface area contributed by atoms with E-state index < -0.39 is 18.1 Å². The first-order valence-electron chi connectivity index (χ1n) is 9.73. The van der Waals surface area contributed by atoms with E-state index in [1.165, 1.54) is 0 Å². The van der Waals surface area contributed by atoms with Gasteiger partial charge < -0.3 is 25.4 Å². The first kappa shape index (κ1) is 21.2. The largest absolute Gasteiger partial charge is 0.484 e. The predicted octanol–water partition coefficient (Wildman–Crippen LogP) is 2.56. The molecule has 3 rings (SSSR count). The van der Waals surface area contributed by atoms with Crippen LogP contribution in [0.15, 0.2) is 48.5 Å². The minimum absolute atomic E-state index is 0.146. The Balaban J connectivity index is 1.61. The molecule has 8 heteroatoms. The van der Waals surface area contributed by atoms with E-state index in [0.717, 1.165) is 0 Å². The first-order chi connectivity index (χ1) is 14.3. The molecular weight excluding hydrogens is 386 g/mol. The summed E-state index contributed by atoms with van der Waals surface area (Å²) >= 11 is 0. The van der Waals surface area contributed by atoms with Crippen molar-refractivity contribution >= 4 is 29.1 Å². The fourth-order valence-electron chi connectivity index (χ4n) is 2.92. The highest BCUT2D eigenvalue weighted by molar-refractivity contribution is 6.00. The summed E-state index contributed by atoms with van der Waals surface area (Å²) in [6, 6.07) is 13.2. The van der Waals surface area contributed by atoms with E-state index in [2.05, 4.69) is 16.0 Å². The smallest absolute Gasteiger partial charge is 0.265 e. The van der Waals surface area contributed by atoms with Gasteiger partial charge in [0.15, 0.2) is 12.7 Å². The SMILES string of the molecule is CC(C)[C@H](NC(=O)COc1ccccc1)C(=O)Nc1ccc2c(c1)NC(=O)[C@@H](C)O2. The van der Waals surface area contributed by atoms with E-state index in [9.17, 15) is 14.4 Å². The minimum Gasteiger partial charge on any atom is -0.484 e. The third-order valence-corrected chi connectivity index (χ3v) is 4.56. The van der Waals surface area contributed by atoms with Gasteiger partial charge in [0.1, 0.15) is 17.5 Å². The summed E-state index contributed by atoms with van der Waals surface area (Å²) in [5, 5.41) is 8.23. The average molecular weight is 411 g/mol. The summed E-state index contributed by atoms with van der Waals surface area (Å²) in [5.74, 6) is -0.0520. The Morgan fingerprint density at radius 2 is 1.90 bits per heavy atom. The van der Waals surface area contributed by atoms with Gasteiger partial charge in [0.05, 0.1) is 5.69 Å². The Kier molecular flexibility index (Phi) is 6.56. The van der Waals surface area contributed by atoms with Crippen LogP contribution in [0.2, 0.25) is 0 Å². The zero-order valence-electron chi connectivity index (χ0n) is 17.1. The van der Waals surface area contributed by atoms with Gasteiger partial charge in [-0.05, 0) is 43.2 Å². The molecule has 1 aliphatic heterocycles. The Morgan fingerprint density at radius 1 is 1.17 bits per heavy atom. The molecule has 0 saturated carbocycles. The van der Waals surface area contributed by atoms with Crippen LogP contribution >= 0.6 is 0 Å². The van der Waals surface area contributed by atoms with Crippen molar-refractivity contribution in [2.45, 2.75) is 32.9 Å². The molecule has 8 nitrogen and oxygen atoms in total. The number of hydrogen-bond donors (Lipinski definition) is 3. The Labute approximate surface area is 174 Å². The number of amides is 3. The highest BCUT2D eigenvalue weighted by Gasteiger charge is 2.26. The summed E-state index contributed by atoms with van der Waals surface area (Å²) in [6.45, 7) is 5.14. The normalized spacial score (nSPS) is 16.0. The van der Waals surface area contributed by atoms with Gasteiger partial charge in [-0.3, -0.25) is 14.4 Å². The summed E-state index contributed by atoms with van der Waals surface area (Å²) in [5.41, 5.74) is 0.968. The second kappa shape index (κ2) is 9.30. The molecule has 30 heavy (non-hydrogen) atoms. The summed E-state index contributed by atoms with van der Waals surface area (Å²) in [4.78, 5) is 36.8. The fourth-order valence-corrected chi connectivity index (χ4v) is 2.92. The van der Waals surface area contributed by atoms with Crippen molar-refractivity contribution in [3.63, 3.8) is 0 Å². The zero-order chi connectivity index (χ0) is 21.7. The van der Waals surface area contributed by atoms with Crippen LogP contribution in [0.1, 0.15) is 20.8 Å². The second-order valence-electron chi connectivity index (χ2n) is 7.34. The van der Waals surface area contributed by atoms with Gasteiger partial charge in [0.25, 0.3) is 11.8 Å². The van der Waals surface area contributed by atoms with Crippen molar-refractivity contribution in [2.24, 2.45) is 5.92 Å². The van der Waals surface area contributed by atoms with E-state index in [1.807, 2.05) is 32.0 Å². The van der Waals surface area contributed by atoms with Gasteiger partial charge >= 0.3 is 0 Å². The number of hydrogen-bond acceptors (Lipinski definition) is 5. The summed E-state index contributed by atoms with van der Waals surface area (Å²) in [7, 11) is 0. The maximum Gasteiger partial charge on any atom is 0.265 e. The molecule has 158 valence electrons. The van der Waals surface area contributed by atoms with Crippen molar-refractivity contribution in [3.8, 4) is 11.5 Å². The monoisotopic (exact) mass is 411 g/mol. The molecule has 2 aromatic carbocycles. The molecule has 0 aromatic heterocycles. The molecule has 2 aromatic rings. The minimum atomic E-state index is -0.751. The van der Waals surface area contributed by atoms with Gasteiger partial charge in [0, 0.05) is 5.69 Å². The summed E-state index contributed by atoms with van der Waals surface area (Å²) < 4.78 is 10.9. The van der Waals surface area contributed by atoms with Crippen LogP contribution < -0.4 is 25.4 Å². The number of para-hydroxylation sites is 1. The van der Waals surface area contributed by atoms with Gasteiger partial charge in [-0.2, -0.15) is 0 Å². The predicted molar refractivity (Wildman–Crippen MR) is 112 cm³/mol. The lowest BCUT2D eigenvalue weighted by atomic mass is 10.0. The maximum absolute atomic E-state index is 12.8. The quantitative estimate of drug-likeness (QED) is 0.649. The van der Waals surface area contributed by atoms with E-state index in [0.29, 0.717) is 22.9 Å². The zero-order valence-corrected chi connectivity index (χ0v) is 17.1. The fraction of sp³-hybridized carbons (Fsp3) is 0.318. The molecule has 3 N–H and O–H groups in total. The van der Waals surface area contributed by atoms with Crippen molar-refractivity contribution in [2.75, 3.05) is 17.2 Å². The molecule has 1 heterocycles. The van der Waals surface area contributed by atoms with E-state index in [-0.39, 0.29) is 24.3 Å². The van der Waals surface area contributed by atoms with Crippen LogP contribution in [0.3, 0.4) is 0 Å². The lowest BCUT2D eigenvalue weighted by Gasteiger charge is -2.25. The Morgan fingerprint density at radius 3 is 2.60 bits per heavy atom. The van der Waals surface area contributed by atoms with Gasteiger partial charge in [-0.15, -0.1) is 0 Å². The first-order valence-corrected chi connectivity index (χ1v) is 9.73. The third kappa shape index (κ3) is 5.28. The molecule has 2 atom stereocenters. The van der Waals surface area contributed by atoms with Crippen LogP contribution in [0.5, 0.6) is 11.5 Å². The van der Waals surface area contributed by atoms with Gasteiger partial charge in [0.2, 0.25) is 5.91 Å². The van der Waals surface area contributed by atoms with Crippen LogP contribution in [-0.4, -0.2) is 36.5 Å². The van der Waals surface area contributed by atoms with Crippen molar-refractivity contribution < 1.29 is 23.9 Å². The topological polar surface area (TPSA) is 106 Å². The van der Waals surface area contributed by atoms with Crippen LogP contribution in [0.4, 0.5) is 11.4 Å². The molecular formula is C22H25N3O5. The van der Waals surface area contributed by atoms with Crippen molar-refractivity contribution in [3.05, 3.63) is 48.5 Å². The van der Waals surface area contributed by atoms with E-state index in [4.69, 9.17) is 9.47 Å². The van der Waals surface area contributed by atoms with E-state index >= 15 is 0 Å². The van der Waals surface area contributed by atoms with Crippen LogP contribution in [-0.2, 0) is 14.4 Å². The number of carbonyl (C=O) groups excluding carboxylic acids is 3. The number of rotatable bonds is 7. The average Bonchev–Trinajstić information content (AvgIpc) is 2.72. The van der Waals surface area contributed by atoms with E-state index in [1.54, 1.807) is 37.3 Å². The Bertz CT molecular complexity index is 930. The molecule has 0 spiro atoms. The Hall–Kier alpha value is -3.55. The molecule has 3 amide bonds. The number of benzene rings is 2. The van der Waals surface area contributed by atoms with Gasteiger partial charge in [-0.25, -0.2) is 0 Å². The molecule has 0 bridgehead atoms. The van der Waals surface area contributed by atoms with Crippen LogP contribution in [0.25, 0.3) is 0 Å². The van der Waals surface area contributed by atoms with Crippen molar-refractivity contribution in [1.29, 1.82) is 0 Å². The van der Waals surface area contributed by atoms with Crippen LogP contribution in [0, 0.1) is 5.92 Å². The molecule has 0 aliphatic carbocycles. The number of carbonyl (C=O) groups is 3. The highest BCUT2D eigenvalue weighted by atomic mass is 16.5. The standard InChI is InChI=1S/C22H25N3O5/c1-13(2)20(25-19(26)12-29-16-7-5-4-6-8-16)22(28)23-15-9-10-18-17(11-15)24-21(27)14(3)30-18/h4-11,13-14,20H,12H2,1-3H3,(H,23,28)(H,24,27)(H,25,26)/t14-,20+/m1/s1. The number of anilines is 2. The lowest BCUT2D eigenvalue weighted by molar-refractivity contribution is -0.128. The van der Waals surface area contributed by atoms with Gasteiger partial charge in [-0.1, -0.05) is 32.0 Å². The lowest BCUT2D eigenvalue weighted by Crippen LogP contribution is -2.48. The molecule has 0 radical (unpaired) electrons. The number of nitrogens with one attached hydrogen (secondary N) is 3. The number of fused-ring (bicyclic) bond motifs is 1. The summed E-state index contributed by atoms with van der Waals surface area (Å²) in [6.07, 6.45) is -0.573. The molecule has 0 saturated heterocycles. The molecule has 0 fully saturated rings. The second-order valence-corrected chi connectivity index (χ2v) is 7.34. The maximum atomic E-state index is 12.8. The van der Waals surface area contributed by atoms with Crippen molar-refractivity contribution in [1.82, 2.24) is 5.32 Å². The molecule has 0 unspecified atom stereocenters.